The van der Waals surface area contributed by atoms with Crippen LogP contribution in [0.4, 0.5) is 0 Å². The third-order valence-corrected chi connectivity index (χ3v) is 1.31. The van der Waals surface area contributed by atoms with Crippen molar-refractivity contribution in [2.24, 2.45) is 11.7 Å². The van der Waals surface area contributed by atoms with Crippen molar-refractivity contribution < 1.29 is 4.74 Å². The Kier molecular flexibility index (Phi) is 2.05. The van der Waals surface area contributed by atoms with E-state index in [9.17, 15) is 0 Å². The molecular weight excluding hydrogens is 116 g/mol. The van der Waals surface area contributed by atoms with E-state index >= 15 is 0 Å². The van der Waals surface area contributed by atoms with Crippen LogP contribution in [0.2, 0.25) is 0 Å². The number of rotatable bonds is 4. The zero-order valence-corrected chi connectivity index (χ0v) is 5.39. The van der Waals surface area contributed by atoms with E-state index in [1.54, 1.807) is 0 Å². The van der Waals surface area contributed by atoms with E-state index in [0.717, 1.165) is 12.5 Å². The number of hydrogen-bond acceptors (Lipinski definition) is 2. The number of hydrogen-bond donors (Lipinski definition) is 2. The summed E-state index contributed by atoms with van der Waals surface area (Å²) in [5.41, 5.74) is 5.06. The molecule has 3 nitrogen and oxygen atoms in total. The SMILES string of the molecule is N=C(N)COCC1CC1. The Morgan fingerprint density at radius 2 is 2.33 bits per heavy atom. The van der Waals surface area contributed by atoms with Crippen molar-refractivity contribution in [1.29, 1.82) is 5.41 Å². The predicted octanol–water partition coefficient (Wildman–Crippen LogP) is 0.349. The number of nitrogens with one attached hydrogen (secondary N) is 1. The van der Waals surface area contributed by atoms with Gasteiger partial charge in [-0.3, -0.25) is 5.41 Å². The Bertz CT molecular complexity index is 110. The molecule has 0 aromatic rings. The predicted molar refractivity (Wildman–Crippen MR) is 35.5 cm³/mol. The van der Waals surface area contributed by atoms with Gasteiger partial charge in [-0.1, -0.05) is 0 Å². The molecule has 1 aliphatic rings. The lowest BCUT2D eigenvalue weighted by Gasteiger charge is -1.98. The van der Waals surface area contributed by atoms with Crippen LogP contribution in [-0.4, -0.2) is 19.0 Å². The Hall–Kier alpha value is -0.570. The first-order valence-electron chi connectivity index (χ1n) is 3.19. The van der Waals surface area contributed by atoms with E-state index in [0.29, 0.717) is 6.61 Å². The van der Waals surface area contributed by atoms with Gasteiger partial charge in [0.05, 0.1) is 0 Å². The average Bonchev–Trinajstić information content (AvgIpc) is 2.48. The fourth-order valence-electron chi connectivity index (χ4n) is 0.620. The van der Waals surface area contributed by atoms with Crippen LogP contribution in [0.1, 0.15) is 12.8 Å². The molecule has 52 valence electrons. The largest absolute Gasteiger partial charge is 0.386 e. The lowest BCUT2D eigenvalue weighted by molar-refractivity contribution is 0.159. The molecule has 1 aliphatic carbocycles. The van der Waals surface area contributed by atoms with Gasteiger partial charge >= 0.3 is 0 Å². The molecular formula is C6H12N2O. The first kappa shape index (κ1) is 6.55. The van der Waals surface area contributed by atoms with Crippen LogP contribution in [0.5, 0.6) is 0 Å². The molecule has 3 heteroatoms. The van der Waals surface area contributed by atoms with Gasteiger partial charge in [-0.05, 0) is 18.8 Å². The van der Waals surface area contributed by atoms with Crippen LogP contribution in [0.25, 0.3) is 0 Å². The highest BCUT2D eigenvalue weighted by molar-refractivity contribution is 5.78. The monoisotopic (exact) mass is 128 g/mol. The molecule has 0 radical (unpaired) electrons. The minimum Gasteiger partial charge on any atom is -0.386 e. The average molecular weight is 128 g/mol. The third-order valence-electron chi connectivity index (χ3n) is 1.31. The van der Waals surface area contributed by atoms with Crippen molar-refractivity contribution >= 4 is 5.84 Å². The smallest absolute Gasteiger partial charge is 0.117 e. The van der Waals surface area contributed by atoms with Crippen molar-refractivity contribution in [1.82, 2.24) is 0 Å². The van der Waals surface area contributed by atoms with Gasteiger partial charge in [0.15, 0.2) is 0 Å². The zero-order chi connectivity index (χ0) is 6.69. The molecule has 0 spiro atoms. The lowest BCUT2D eigenvalue weighted by Crippen LogP contribution is -2.17. The summed E-state index contributed by atoms with van der Waals surface area (Å²) >= 11 is 0. The quantitative estimate of drug-likeness (QED) is 0.424. The van der Waals surface area contributed by atoms with Gasteiger partial charge in [-0.2, -0.15) is 0 Å². The summed E-state index contributed by atoms with van der Waals surface area (Å²) in [6, 6.07) is 0. The molecule has 1 rings (SSSR count). The van der Waals surface area contributed by atoms with Crippen molar-refractivity contribution in [3.63, 3.8) is 0 Å². The second kappa shape index (κ2) is 2.82. The topological polar surface area (TPSA) is 59.1 Å². The second-order valence-electron chi connectivity index (χ2n) is 2.48. The standard InChI is InChI=1S/C6H12N2O/c7-6(8)4-9-3-5-1-2-5/h5H,1-4H2,(H3,7,8). The number of ether oxygens (including phenoxy) is 1. The van der Waals surface area contributed by atoms with E-state index in [1.807, 2.05) is 0 Å². The van der Waals surface area contributed by atoms with E-state index in [2.05, 4.69) is 0 Å². The van der Waals surface area contributed by atoms with Gasteiger partial charge in [-0.25, -0.2) is 0 Å². The summed E-state index contributed by atoms with van der Waals surface area (Å²) in [6.07, 6.45) is 2.58. The van der Waals surface area contributed by atoms with E-state index < -0.39 is 0 Å². The summed E-state index contributed by atoms with van der Waals surface area (Å²) in [4.78, 5) is 0. The first-order valence-corrected chi connectivity index (χ1v) is 3.19. The fraction of sp³-hybridized carbons (Fsp3) is 0.833. The van der Waals surface area contributed by atoms with Crippen LogP contribution in [0.3, 0.4) is 0 Å². The summed E-state index contributed by atoms with van der Waals surface area (Å²) in [6.45, 7) is 1.09. The zero-order valence-electron chi connectivity index (χ0n) is 5.39. The fourth-order valence-corrected chi connectivity index (χ4v) is 0.620. The maximum Gasteiger partial charge on any atom is 0.117 e. The Morgan fingerprint density at radius 3 is 2.78 bits per heavy atom. The van der Waals surface area contributed by atoms with Crippen LogP contribution in [0, 0.1) is 11.3 Å². The van der Waals surface area contributed by atoms with Crippen molar-refractivity contribution in [2.75, 3.05) is 13.2 Å². The van der Waals surface area contributed by atoms with Crippen molar-refractivity contribution in [3.8, 4) is 0 Å². The van der Waals surface area contributed by atoms with Gasteiger partial charge in [0.2, 0.25) is 0 Å². The molecule has 0 aromatic carbocycles. The summed E-state index contributed by atoms with van der Waals surface area (Å²) in [7, 11) is 0. The molecule has 0 saturated heterocycles. The highest BCUT2D eigenvalue weighted by Gasteiger charge is 2.20. The summed E-state index contributed by atoms with van der Waals surface area (Å²) in [5, 5.41) is 6.81. The number of nitrogens with two attached hydrogens (primary N) is 1. The third kappa shape index (κ3) is 3.08. The maximum absolute atomic E-state index is 6.81. The lowest BCUT2D eigenvalue weighted by atomic mass is 10.5. The summed E-state index contributed by atoms with van der Waals surface area (Å²) < 4.78 is 5.07. The molecule has 1 saturated carbocycles. The van der Waals surface area contributed by atoms with Crippen molar-refractivity contribution in [3.05, 3.63) is 0 Å². The molecule has 0 heterocycles. The maximum atomic E-state index is 6.81. The Labute approximate surface area is 54.7 Å². The van der Waals surface area contributed by atoms with Gasteiger partial charge < -0.3 is 10.5 Å². The molecule has 0 aromatic heterocycles. The molecule has 0 atom stereocenters. The van der Waals surface area contributed by atoms with E-state index in [1.165, 1.54) is 12.8 Å². The normalized spacial score (nSPS) is 17.8. The van der Waals surface area contributed by atoms with Gasteiger partial charge in [0, 0.05) is 6.61 Å². The molecule has 0 amide bonds. The molecule has 0 aliphatic heterocycles. The highest BCUT2D eigenvalue weighted by Crippen LogP contribution is 2.28. The Morgan fingerprint density at radius 1 is 1.67 bits per heavy atom. The number of amidine groups is 1. The molecule has 0 bridgehead atoms. The van der Waals surface area contributed by atoms with Crippen LogP contribution in [0.15, 0.2) is 0 Å². The minimum absolute atomic E-state index is 0.121. The Balaban J connectivity index is 1.86. The molecule has 3 N–H and O–H groups in total. The first-order chi connectivity index (χ1) is 4.29. The van der Waals surface area contributed by atoms with Crippen LogP contribution >= 0.6 is 0 Å². The molecule has 1 fully saturated rings. The van der Waals surface area contributed by atoms with Crippen molar-refractivity contribution in [2.45, 2.75) is 12.8 Å². The molecule has 9 heavy (non-hydrogen) atoms. The van der Waals surface area contributed by atoms with Gasteiger partial charge in [0.1, 0.15) is 12.4 Å². The second-order valence-corrected chi connectivity index (χ2v) is 2.48. The minimum atomic E-state index is 0.121. The summed E-state index contributed by atoms with van der Waals surface area (Å²) in [5.74, 6) is 0.889. The highest BCUT2D eigenvalue weighted by atomic mass is 16.5. The van der Waals surface area contributed by atoms with E-state index in [4.69, 9.17) is 15.9 Å². The van der Waals surface area contributed by atoms with Gasteiger partial charge in [-0.15, -0.1) is 0 Å². The van der Waals surface area contributed by atoms with Gasteiger partial charge in [0.25, 0.3) is 0 Å². The van der Waals surface area contributed by atoms with Crippen LogP contribution in [-0.2, 0) is 4.74 Å². The van der Waals surface area contributed by atoms with E-state index in [-0.39, 0.29) is 5.84 Å². The molecule has 0 unspecified atom stereocenters. The van der Waals surface area contributed by atoms with Crippen LogP contribution < -0.4 is 5.73 Å².